The molecule has 0 saturated carbocycles. The number of amides is 1. The van der Waals surface area contributed by atoms with E-state index in [1.54, 1.807) is 31.4 Å². The second-order valence-corrected chi connectivity index (χ2v) is 7.20. The van der Waals surface area contributed by atoms with Crippen molar-refractivity contribution >= 4 is 15.9 Å². The Kier molecular flexibility index (Phi) is 4.65. The lowest BCUT2D eigenvalue weighted by Crippen LogP contribution is -2.50. The first-order chi connectivity index (χ1) is 11.5. The molecular weight excluding hydrogens is 332 g/mol. The normalized spacial score (nSPS) is 18.8. The third kappa shape index (κ3) is 3.48. The maximum Gasteiger partial charge on any atom is 0.241 e. The number of nitrogens with zero attached hydrogens (tertiary/aromatic N) is 1. The summed E-state index contributed by atoms with van der Waals surface area (Å²) >= 11 is 0. The van der Waals surface area contributed by atoms with Crippen molar-refractivity contribution in [3.63, 3.8) is 0 Å². The molecule has 0 aliphatic carbocycles. The molecule has 24 heavy (non-hydrogen) atoms. The van der Waals surface area contributed by atoms with Crippen LogP contribution in [0.15, 0.2) is 35.2 Å². The van der Waals surface area contributed by atoms with Crippen LogP contribution in [0.25, 0.3) is 0 Å². The lowest BCUT2D eigenvalue weighted by atomic mass is 10.1. The molecule has 1 amide bonds. The van der Waals surface area contributed by atoms with Gasteiger partial charge in [-0.25, -0.2) is 8.42 Å². The second-order valence-electron chi connectivity index (χ2n) is 5.52. The Morgan fingerprint density at radius 2 is 2.21 bits per heavy atom. The fourth-order valence-electron chi connectivity index (χ4n) is 2.62. The van der Waals surface area contributed by atoms with Crippen LogP contribution < -0.4 is 10.0 Å². The zero-order valence-corrected chi connectivity index (χ0v) is 13.9. The van der Waals surface area contributed by atoms with E-state index in [0.29, 0.717) is 18.6 Å². The number of carbonyl (C=O) groups is 1. The predicted octanol–water partition coefficient (Wildman–Crippen LogP) is 0.0755. The van der Waals surface area contributed by atoms with Crippen LogP contribution in [0.5, 0.6) is 0 Å². The molecule has 0 saturated heterocycles. The maximum atomic E-state index is 12.3. The Balaban J connectivity index is 1.65. The van der Waals surface area contributed by atoms with Gasteiger partial charge < -0.3 is 10.1 Å². The Bertz CT molecular complexity index is 847. The predicted molar refractivity (Wildman–Crippen MR) is 85.4 cm³/mol. The molecule has 1 aromatic carbocycles. The van der Waals surface area contributed by atoms with E-state index in [9.17, 15) is 13.2 Å². The van der Waals surface area contributed by atoms with Gasteiger partial charge in [-0.15, -0.1) is 0 Å². The minimum absolute atomic E-state index is 0.229. The van der Waals surface area contributed by atoms with Crippen LogP contribution in [-0.4, -0.2) is 37.7 Å². The van der Waals surface area contributed by atoms with E-state index in [-0.39, 0.29) is 17.3 Å². The number of aromatic nitrogens is 2. The Morgan fingerprint density at radius 3 is 3.00 bits per heavy atom. The van der Waals surface area contributed by atoms with Crippen LogP contribution in [0.1, 0.15) is 17.0 Å². The number of sulfonamides is 1. The number of methoxy groups -OCH3 is 1. The zero-order valence-electron chi connectivity index (χ0n) is 13.1. The van der Waals surface area contributed by atoms with Crippen molar-refractivity contribution in [3.8, 4) is 0 Å². The summed E-state index contributed by atoms with van der Waals surface area (Å²) in [6.45, 7) is 0.610. The fraction of sp³-hybridized carbons (Fsp3) is 0.333. The van der Waals surface area contributed by atoms with Crippen LogP contribution in [0.2, 0.25) is 0 Å². The number of carbonyl (C=O) groups excluding carboxylic acids is 1. The van der Waals surface area contributed by atoms with E-state index in [4.69, 9.17) is 4.74 Å². The number of aromatic amines is 1. The molecule has 0 unspecified atom stereocenters. The summed E-state index contributed by atoms with van der Waals surface area (Å²) in [5, 5.41) is 9.55. The van der Waals surface area contributed by atoms with Crippen LogP contribution in [0, 0.1) is 0 Å². The molecule has 1 aromatic heterocycles. The van der Waals surface area contributed by atoms with E-state index in [1.165, 1.54) is 6.07 Å². The lowest BCUT2D eigenvalue weighted by molar-refractivity contribution is -0.122. The number of fused-ring (bicyclic) bond motifs is 1. The quantitative estimate of drug-likeness (QED) is 0.706. The van der Waals surface area contributed by atoms with Crippen molar-refractivity contribution in [1.82, 2.24) is 20.2 Å². The lowest BCUT2D eigenvalue weighted by Gasteiger charge is -2.24. The van der Waals surface area contributed by atoms with E-state index in [0.717, 1.165) is 11.4 Å². The van der Waals surface area contributed by atoms with Crippen molar-refractivity contribution in [2.24, 2.45) is 0 Å². The smallest absolute Gasteiger partial charge is 0.241 e. The summed E-state index contributed by atoms with van der Waals surface area (Å²) in [6, 6.07) is 7.63. The van der Waals surface area contributed by atoms with Gasteiger partial charge >= 0.3 is 0 Å². The summed E-state index contributed by atoms with van der Waals surface area (Å²) in [5.41, 5.74) is 2.09. The molecule has 0 fully saturated rings. The van der Waals surface area contributed by atoms with Gasteiger partial charge in [0.25, 0.3) is 0 Å². The molecule has 2 aromatic rings. The first kappa shape index (κ1) is 16.6. The van der Waals surface area contributed by atoms with E-state index in [2.05, 4.69) is 20.2 Å². The standard InChI is InChI=1S/C15H18N4O4S/c1-23-9-12-7-11(17-18-12)8-16-15(20)13-6-10-4-2-3-5-14(10)24(21,22)19-13/h2-5,7,13,19H,6,8-9H2,1H3,(H,16,20)(H,17,18)/t13-/m1/s1. The number of rotatable bonds is 5. The van der Waals surface area contributed by atoms with Gasteiger partial charge in [-0.2, -0.15) is 9.82 Å². The molecule has 128 valence electrons. The molecule has 3 rings (SSSR count). The van der Waals surface area contributed by atoms with Gasteiger partial charge in [0.1, 0.15) is 6.04 Å². The highest BCUT2D eigenvalue weighted by Crippen LogP contribution is 2.22. The number of hydrogen-bond donors (Lipinski definition) is 3. The van der Waals surface area contributed by atoms with Gasteiger partial charge in [0.2, 0.25) is 15.9 Å². The van der Waals surface area contributed by atoms with Gasteiger partial charge in [-0.3, -0.25) is 9.89 Å². The van der Waals surface area contributed by atoms with Gasteiger partial charge in [0.15, 0.2) is 0 Å². The van der Waals surface area contributed by atoms with E-state index >= 15 is 0 Å². The van der Waals surface area contributed by atoms with Gasteiger partial charge in [0, 0.05) is 7.11 Å². The summed E-state index contributed by atoms with van der Waals surface area (Å²) in [5.74, 6) is -0.379. The van der Waals surface area contributed by atoms with Crippen LogP contribution in [0.3, 0.4) is 0 Å². The van der Waals surface area contributed by atoms with Crippen molar-refractivity contribution in [1.29, 1.82) is 0 Å². The highest BCUT2D eigenvalue weighted by molar-refractivity contribution is 7.89. The van der Waals surface area contributed by atoms with Gasteiger partial charge in [-0.05, 0) is 24.1 Å². The monoisotopic (exact) mass is 350 g/mol. The Hall–Kier alpha value is -2.23. The average Bonchev–Trinajstić information content (AvgIpc) is 3.00. The molecule has 9 heteroatoms. The van der Waals surface area contributed by atoms with E-state index in [1.807, 2.05) is 0 Å². The Labute approximate surface area is 139 Å². The van der Waals surface area contributed by atoms with Crippen molar-refractivity contribution in [2.75, 3.05) is 7.11 Å². The summed E-state index contributed by atoms with van der Waals surface area (Å²) < 4.78 is 31.8. The molecule has 1 atom stereocenters. The number of hydrogen-bond acceptors (Lipinski definition) is 5. The van der Waals surface area contributed by atoms with E-state index < -0.39 is 16.1 Å². The molecule has 8 nitrogen and oxygen atoms in total. The number of H-pyrrole nitrogens is 1. The molecule has 0 bridgehead atoms. The number of nitrogens with one attached hydrogen (secondary N) is 3. The molecule has 3 N–H and O–H groups in total. The zero-order chi connectivity index (χ0) is 17.2. The molecule has 0 spiro atoms. The Morgan fingerprint density at radius 1 is 1.42 bits per heavy atom. The highest BCUT2D eigenvalue weighted by Gasteiger charge is 2.33. The third-order valence-electron chi connectivity index (χ3n) is 3.73. The molecule has 2 heterocycles. The molecule has 1 aliphatic heterocycles. The SMILES string of the molecule is COCc1cc(CNC(=O)[C@H]2Cc3ccccc3S(=O)(=O)N2)[nH]n1. The first-order valence-electron chi connectivity index (χ1n) is 7.39. The topological polar surface area (TPSA) is 113 Å². The van der Waals surface area contributed by atoms with Crippen LogP contribution >= 0.6 is 0 Å². The van der Waals surface area contributed by atoms with Crippen LogP contribution in [-0.2, 0) is 39.1 Å². The fourth-order valence-corrected chi connectivity index (χ4v) is 4.07. The summed E-state index contributed by atoms with van der Waals surface area (Å²) in [6.07, 6.45) is 0.319. The van der Waals surface area contributed by atoms with Gasteiger partial charge in [-0.1, -0.05) is 18.2 Å². The summed E-state index contributed by atoms with van der Waals surface area (Å²) in [7, 11) is -2.10. The average molecular weight is 350 g/mol. The minimum Gasteiger partial charge on any atom is -0.378 e. The minimum atomic E-state index is -3.67. The number of benzene rings is 1. The first-order valence-corrected chi connectivity index (χ1v) is 8.88. The number of ether oxygens (including phenoxy) is 1. The van der Waals surface area contributed by atoms with Crippen molar-refractivity contribution in [2.45, 2.75) is 30.5 Å². The van der Waals surface area contributed by atoms with Crippen molar-refractivity contribution < 1.29 is 17.9 Å². The molecule has 0 radical (unpaired) electrons. The molecular formula is C15H18N4O4S. The third-order valence-corrected chi connectivity index (χ3v) is 5.30. The van der Waals surface area contributed by atoms with Crippen LogP contribution in [0.4, 0.5) is 0 Å². The molecule has 1 aliphatic rings. The van der Waals surface area contributed by atoms with Gasteiger partial charge in [0.05, 0.1) is 29.4 Å². The highest BCUT2D eigenvalue weighted by atomic mass is 32.2. The van der Waals surface area contributed by atoms with Crippen molar-refractivity contribution in [3.05, 3.63) is 47.3 Å². The second kappa shape index (κ2) is 6.71. The maximum absolute atomic E-state index is 12.3. The summed E-state index contributed by atoms with van der Waals surface area (Å²) in [4.78, 5) is 12.5. The largest absolute Gasteiger partial charge is 0.378 e.